The number of carbonyl (C=O) groups is 2. The van der Waals surface area contributed by atoms with Crippen molar-refractivity contribution < 1.29 is 9.59 Å². The fourth-order valence-electron chi connectivity index (χ4n) is 0.835. The molecule has 0 aliphatic carbocycles. The Morgan fingerprint density at radius 1 is 1.69 bits per heavy atom. The van der Waals surface area contributed by atoms with Crippen molar-refractivity contribution in [3.63, 3.8) is 0 Å². The van der Waals surface area contributed by atoms with E-state index < -0.39 is 11.9 Å². The van der Waals surface area contributed by atoms with E-state index in [0.717, 1.165) is 0 Å². The van der Waals surface area contributed by atoms with Gasteiger partial charge >= 0.3 is 0 Å². The van der Waals surface area contributed by atoms with Crippen LogP contribution in [0.15, 0.2) is 11.6 Å². The van der Waals surface area contributed by atoms with E-state index in [1.165, 1.54) is 18.3 Å². The summed E-state index contributed by atoms with van der Waals surface area (Å²) in [5.74, 6) is -0.913. The Hall–Kier alpha value is -1.43. The Labute approximate surface area is 79.0 Å². The largest absolute Gasteiger partial charge is 0.368 e. The third-order valence-electron chi connectivity index (χ3n) is 1.33. The van der Waals surface area contributed by atoms with Gasteiger partial charge in [0.05, 0.1) is 0 Å². The molecule has 3 N–H and O–H groups in total. The van der Waals surface area contributed by atoms with Crippen molar-refractivity contribution >= 4 is 23.2 Å². The van der Waals surface area contributed by atoms with Crippen molar-refractivity contribution in [1.29, 1.82) is 0 Å². The van der Waals surface area contributed by atoms with Crippen LogP contribution in [0.1, 0.15) is 18.0 Å². The van der Waals surface area contributed by atoms with Crippen LogP contribution in [0.2, 0.25) is 0 Å². The summed E-state index contributed by atoms with van der Waals surface area (Å²) in [5, 5.41) is 4.63. The maximum absolute atomic E-state index is 10.9. The zero-order valence-corrected chi connectivity index (χ0v) is 7.80. The molecule has 1 aromatic heterocycles. The lowest BCUT2D eigenvalue weighted by atomic mass is 10.3. The number of aromatic nitrogens is 1. The third kappa shape index (κ3) is 2.51. The second-order valence-electron chi connectivity index (χ2n) is 2.41. The number of hydrogen-bond donors (Lipinski definition) is 2. The number of thiazole rings is 1. The summed E-state index contributed by atoms with van der Waals surface area (Å²) >= 11 is 1.27. The molecule has 0 spiro atoms. The third-order valence-corrected chi connectivity index (χ3v) is 2.17. The van der Waals surface area contributed by atoms with Crippen molar-refractivity contribution in [2.45, 2.75) is 13.0 Å². The van der Waals surface area contributed by atoms with Crippen LogP contribution in [0, 0.1) is 0 Å². The molecular formula is C7H9N3O2S. The summed E-state index contributed by atoms with van der Waals surface area (Å²) < 4.78 is 0. The standard InChI is InChI=1S/C7H9N3O2S/c1-4(11)10-5(6(8)12)7-9-2-3-13-7/h2-3,5H,1H3,(H2,8,12)(H,10,11). The van der Waals surface area contributed by atoms with Crippen molar-refractivity contribution in [3.05, 3.63) is 16.6 Å². The van der Waals surface area contributed by atoms with Crippen molar-refractivity contribution in [2.75, 3.05) is 0 Å². The molecule has 1 aromatic rings. The minimum Gasteiger partial charge on any atom is -0.368 e. The first kappa shape index (κ1) is 9.66. The van der Waals surface area contributed by atoms with Gasteiger partial charge in [-0.1, -0.05) is 0 Å². The Morgan fingerprint density at radius 3 is 2.77 bits per heavy atom. The van der Waals surface area contributed by atoms with Gasteiger partial charge in [0.15, 0.2) is 6.04 Å². The second kappa shape index (κ2) is 3.99. The summed E-state index contributed by atoms with van der Waals surface area (Å²) in [6.45, 7) is 1.32. The van der Waals surface area contributed by atoms with E-state index in [-0.39, 0.29) is 5.91 Å². The van der Waals surface area contributed by atoms with Crippen LogP contribution < -0.4 is 11.1 Å². The van der Waals surface area contributed by atoms with Crippen molar-refractivity contribution in [3.8, 4) is 0 Å². The minimum absolute atomic E-state index is 0.306. The SMILES string of the molecule is CC(=O)NC(C(N)=O)c1nccs1. The van der Waals surface area contributed by atoms with Crippen molar-refractivity contribution in [2.24, 2.45) is 5.73 Å². The summed E-state index contributed by atoms with van der Waals surface area (Å²) in [6, 6.07) is -0.808. The Bertz CT molecular complexity index is 310. The number of nitrogens with zero attached hydrogens (tertiary/aromatic N) is 1. The molecule has 1 atom stereocenters. The van der Waals surface area contributed by atoms with E-state index in [1.807, 2.05) is 0 Å². The van der Waals surface area contributed by atoms with Crippen LogP contribution in [0.4, 0.5) is 0 Å². The van der Waals surface area contributed by atoms with Gasteiger partial charge in [0, 0.05) is 18.5 Å². The maximum atomic E-state index is 10.9. The minimum atomic E-state index is -0.808. The lowest BCUT2D eigenvalue weighted by Crippen LogP contribution is -2.36. The van der Waals surface area contributed by atoms with Crippen LogP contribution in [0.25, 0.3) is 0 Å². The van der Waals surface area contributed by atoms with E-state index in [0.29, 0.717) is 5.01 Å². The number of nitrogens with two attached hydrogens (primary N) is 1. The van der Waals surface area contributed by atoms with Gasteiger partial charge in [-0.25, -0.2) is 4.98 Å². The molecule has 0 radical (unpaired) electrons. The average Bonchev–Trinajstić information content (AvgIpc) is 2.50. The molecule has 0 aliphatic rings. The molecule has 6 heteroatoms. The molecule has 1 heterocycles. The van der Waals surface area contributed by atoms with Gasteiger partial charge in [0.1, 0.15) is 5.01 Å². The molecule has 70 valence electrons. The second-order valence-corrected chi connectivity index (χ2v) is 3.33. The molecule has 2 amide bonds. The van der Waals surface area contributed by atoms with E-state index in [2.05, 4.69) is 10.3 Å². The van der Waals surface area contributed by atoms with Gasteiger partial charge in [-0.2, -0.15) is 0 Å². The Morgan fingerprint density at radius 2 is 2.38 bits per heavy atom. The lowest BCUT2D eigenvalue weighted by molar-refractivity contribution is -0.126. The van der Waals surface area contributed by atoms with E-state index >= 15 is 0 Å². The van der Waals surface area contributed by atoms with Crippen LogP contribution in [0.3, 0.4) is 0 Å². The molecule has 13 heavy (non-hydrogen) atoms. The molecule has 5 nitrogen and oxygen atoms in total. The Kier molecular flexibility index (Phi) is 2.97. The van der Waals surface area contributed by atoms with Gasteiger partial charge < -0.3 is 11.1 Å². The van der Waals surface area contributed by atoms with Crippen LogP contribution in [-0.2, 0) is 9.59 Å². The normalized spacial score (nSPS) is 12.1. The highest BCUT2D eigenvalue weighted by molar-refractivity contribution is 7.09. The zero-order chi connectivity index (χ0) is 9.84. The molecular weight excluding hydrogens is 190 g/mol. The molecule has 0 saturated heterocycles. The highest BCUT2D eigenvalue weighted by atomic mass is 32.1. The first-order valence-corrected chi connectivity index (χ1v) is 4.45. The molecule has 0 aromatic carbocycles. The number of primary amides is 1. The smallest absolute Gasteiger partial charge is 0.247 e. The number of nitrogens with one attached hydrogen (secondary N) is 1. The van der Waals surface area contributed by atoms with E-state index in [4.69, 9.17) is 5.73 Å². The fraction of sp³-hybridized carbons (Fsp3) is 0.286. The number of hydrogen-bond acceptors (Lipinski definition) is 4. The van der Waals surface area contributed by atoms with Gasteiger partial charge in [0.25, 0.3) is 0 Å². The molecule has 1 unspecified atom stereocenters. The average molecular weight is 199 g/mol. The topological polar surface area (TPSA) is 85.1 Å². The van der Waals surface area contributed by atoms with E-state index in [1.54, 1.807) is 11.6 Å². The molecule has 0 fully saturated rings. The van der Waals surface area contributed by atoms with Gasteiger partial charge in [-0.3, -0.25) is 9.59 Å². The van der Waals surface area contributed by atoms with Gasteiger partial charge in [-0.05, 0) is 0 Å². The first-order valence-electron chi connectivity index (χ1n) is 3.57. The summed E-state index contributed by atoms with van der Waals surface area (Å²) in [7, 11) is 0. The Balaban J connectivity index is 2.81. The number of rotatable bonds is 3. The molecule has 0 saturated carbocycles. The van der Waals surface area contributed by atoms with Gasteiger partial charge in [-0.15, -0.1) is 11.3 Å². The lowest BCUT2D eigenvalue weighted by Gasteiger charge is -2.10. The predicted molar refractivity (Wildman–Crippen MR) is 47.9 cm³/mol. The quantitative estimate of drug-likeness (QED) is 0.707. The number of carbonyl (C=O) groups excluding carboxylic acids is 2. The van der Waals surface area contributed by atoms with E-state index in [9.17, 15) is 9.59 Å². The van der Waals surface area contributed by atoms with Crippen LogP contribution >= 0.6 is 11.3 Å². The van der Waals surface area contributed by atoms with Gasteiger partial charge in [0.2, 0.25) is 11.8 Å². The highest BCUT2D eigenvalue weighted by Gasteiger charge is 2.20. The zero-order valence-electron chi connectivity index (χ0n) is 6.98. The molecule has 1 rings (SSSR count). The predicted octanol–water partition coefficient (Wildman–Crippen LogP) is -0.194. The summed E-state index contributed by atoms with van der Waals surface area (Å²) in [6.07, 6.45) is 1.55. The molecule has 0 aliphatic heterocycles. The molecule has 0 bridgehead atoms. The van der Waals surface area contributed by atoms with Crippen molar-refractivity contribution in [1.82, 2.24) is 10.3 Å². The summed E-state index contributed by atoms with van der Waals surface area (Å²) in [5.41, 5.74) is 5.09. The van der Waals surface area contributed by atoms with Crippen LogP contribution in [0.5, 0.6) is 0 Å². The number of amides is 2. The monoisotopic (exact) mass is 199 g/mol. The van der Waals surface area contributed by atoms with Crippen LogP contribution in [-0.4, -0.2) is 16.8 Å². The first-order chi connectivity index (χ1) is 6.11. The fourth-order valence-corrected chi connectivity index (χ4v) is 1.53. The highest BCUT2D eigenvalue weighted by Crippen LogP contribution is 2.14. The maximum Gasteiger partial charge on any atom is 0.247 e. The summed E-state index contributed by atoms with van der Waals surface area (Å²) in [4.78, 5) is 25.5.